The number of rotatable bonds is 7. The molecule has 0 aliphatic carbocycles. The van der Waals surface area contributed by atoms with Crippen LogP contribution in [0.4, 0.5) is 5.13 Å². The predicted octanol–water partition coefficient (Wildman–Crippen LogP) is 2.16. The Bertz CT molecular complexity index is 341. The van der Waals surface area contributed by atoms with Crippen LogP contribution in [0.15, 0.2) is 0 Å². The van der Waals surface area contributed by atoms with Gasteiger partial charge in [0.1, 0.15) is 5.82 Å². The van der Waals surface area contributed by atoms with Crippen LogP contribution in [0, 0.1) is 0 Å². The minimum atomic E-state index is -0.766. The van der Waals surface area contributed by atoms with E-state index < -0.39 is 5.97 Å². The Balaban J connectivity index is 2.37. The molecule has 1 rings (SSSR count). The van der Waals surface area contributed by atoms with Crippen LogP contribution in [0.25, 0.3) is 0 Å². The van der Waals surface area contributed by atoms with E-state index in [2.05, 4.69) is 21.6 Å². The summed E-state index contributed by atoms with van der Waals surface area (Å²) in [6.07, 6.45) is 2.69. The lowest BCUT2D eigenvalue weighted by Gasteiger charge is -2.10. The van der Waals surface area contributed by atoms with Crippen molar-refractivity contribution in [2.75, 3.05) is 5.32 Å². The Labute approximate surface area is 99.1 Å². The number of aryl methyl sites for hydroxylation is 1. The van der Waals surface area contributed by atoms with Gasteiger partial charge in [-0.15, -0.1) is 0 Å². The van der Waals surface area contributed by atoms with E-state index in [0.717, 1.165) is 23.8 Å². The van der Waals surface area contributed by atoms with Crippen LogP contribution in [-0.2, 0) is 11.2 Å². The van der Waals surface area contributed by atoms with Crippen LogP contribution in [0.2, 0.25) is 0 Å². The van der Waals surface area contributed by atoms with E-state index in [1.165, 1.54) is 11.5 Å². The third-order valence-corrected chi connectivity index (χ3v) is 2.79. The van der Waals surface area contributed by atoms with Gasteiger partial charge in [0.2, 0.25) is 5.13 Å². The average Bonchev–Trinajstić information content (AvgIpc) is 2.63. The van der Waals surface area contributed by atoms with E-state index in [4.69, 9.17) is 5.11 Å². The summed E-state index contributed by atoms with van der Waals surface area (Å²) in [4.78, 5) is 14.7. The number of carboxylic acids is 1. The average molecular weight is 243 g/mol. The number of hydrogen-bond donors (Lipinski definition) is 2. The van der Waals surface area contributed by atoms with E-state index in [-0.39, 0.29) is 12.5 Å². The van der Waals surface area contributed by atoms with Gasteiger partial charge in [0.05, 0.1) is 0 Å². The molecule has 0 amide bonds. The van der Waals surface area contributed by atoms with Crippen LogP contribution in [0.5, 0.6) is 0 Å². The van der Waals surface area contributed by atoms with Crippen molar-refractivity contribution >= 4 is 22.6 Å². The van der Waals surface area contributed by atoms with Crippen molar-refractivity contribution in [2.24, 2.45) is 0 Å². The molecular weight excluding hydrogens is 226 g/mol. The molecule has 0 fully saturated rings. The maximum Gasteiger partial charge on any atom is 0.303 e. The summed E-state index contributed by atoms with van der Waals surface area (Å²) in [6, 6.07) is 0.110. The quantitative estimate of drug-likeness (QED) is 0.767. The standard InChI is InChI=1S/C10H17N3O2S/c1-3-4-8-12-10(16-13-8)11-7(2)5-6-9(14)15/h7H,3-6H2,1-2H3,(H,14,15)(H,11,12,13). The van der Waals surface area contributed by atoms with E-state index in [1.54, 1.807) is 0 Å². The molecule has 0 spiro atoms. The maximum absolute atomic E-state index is 10.4. The van der Waals surface area contributed by atoms with Gasteiger partial charge in [-0.25, -0.2) is 4.98 Å². The zero-order valence-electron chi connectivity index (χ0n) is 9.56. The first-order valence-electron chi connectivity index (χ1n) is 5.42. The number of hydrogen-bond acceptors (Lipinski definition) is 5. The molecule has 1 aromatic rings. The second-order valence-corrected chi connectivity index (χ2v) is 4.50. The molecule has 0 bridgehead atoms. The van der Waals surface area contributed by atoms with E-state index >= 15 is 0 Å². The largest absolute Gasteiger partial charge is 0.481 e. The van der Waals surface area contributed by atoms with Crippen molar-refractivity contribution in [2.45, 2.75) is 45.6 Å². The molecule has 5 nitrogen and oxygen atoms in total. The zero-order chi connectivity index (χ0) is 12.0. The summed E-state index contributed by atoms with van der Waals surface area (Å²) >= 11 is 1.33. The van der Waals surface area contributed by atoms with Crippen LogP contribution < -0.4 is 5.32 Å². The van der Waals surface area contributed by atoms with E-state index in [1.807, 2.05) is 6.92 Å². The molecule has 2 N–H and O–H groups in total. The summed E-state index contributed by atoms with van der Waals surface area (Å²) in [5.41, 5.74) is 0. The van der Waals surface area contributed by atoms with Crippen LogP contribution >= 0.6 is 11.5 Å². The summed E-state index contributed by atoms with van der Waals surface area (Å²) in [7, 11) is 0. The highest BCUT2D eigenvalue weighted by atomic mass is 32.1. The van der Waals surface area contributed by atoms with Gasteiger partial charge < -0.3 is 10.4 Å². The summed E-state index contributed by atoms with van der Waals surface area (Å²) in [5.74, 6) is 0.0954. The maximum atomic E-state index is 10.4. The second kappa shape index (κ2) is 6.42. The summed E-state index contributed by atoms with van der Waals surface area (Å²) < 4.78 is 4.21. The van der Waals surface area contributed by atoms with Gasteiger partial charge in [0.15, 0.2) is 0 Å². The molecule has 1 heterocycles. The Hall–Kier alpha value is -1.17. The van der Waals surface area contributed by atoms with Gasteiger partial charge in [-0.1, -0.05) is 6.92 Å². The normalized spacial score (nSPS) is 12.4. The molecule has 0 radical (unpaired) electrons. The molecule has 1 atom stereocenters. The zero-order valence-corrected chi connectivity index (χ0v) is 10.4. The van der Waals surface area contributed by atoms with Crippen molar-refractivity contribution in [3.05, 3.63) is 5.82 Å². The fourth-order valence-corrected chi connectivity index (χ4v) is 1.98. The lowest BCUT2D eigenvalue weighted by atomic mass is 10.2. The molecule has 0 aliphatic rings. The lowest BCUT2D eigenvalue weighted by Crippen LogP contribution is -2.16. The highest BCUT2D eigenvalue weighted by Crippen LogP contribution is 2.14. The molecule has 1 unspecified atom stereocenters. The Morgan fingerprint density at radius 3 is 3.00 bits per heavy atom. The molecule has 6 heteroatoms. The molecule has 1 aromatic heterocycles. The predicted molar refractivity (Wildman–Crippen MR) is 63.9 cm³/mol. The third kappa shape index (κ3) is 4.57. The molecular formula is C10H17N3O2S. The number of aliphatic carboxylic acids is 1. The van der Waals surface area contributed by atoms with Gasteiger partial charge in [0.25, 0.3) is 0 Å². The van der Waals surface area contributed by atoms with Crippen LogP contribution in [-0.4, -0.2) is 26.5 Å². The third-order valence-electron chi connectivity index (χ3n) is 2.10. The number of nitrogens with zero attached hydrogens (tertiary/aromatic N) is 2. The molecule has 16 heavy (non-hydrogen) atoms. The topological polar surface area (TPSA) is 75.1 Å². The number of nitrogens with one attached hydrogen (secondary N) is 1. The molecule has 0 aliphatic heterocycles. The Kier molecular flexibility index (Phi) is 5.18. The molecule has 0 saturated heterocycles. The molecule has 0 aromatic carbocycles. The van der Waals surface area contributed by atoms with Crippen molar-refractivity contribution in [1.29, 1.82) is 0 Å². The minimum Gasteiger partial charge on any atom is -0.481 e. The number of aromatic nitrogens is 2. The van der Waals surface area contributed by atoms with Gasteiger partial charge in [-0.3, -0.25) is 4.79 Å². The van der Waals surface area contributed by atoms with Gasteiger partial charge in [-0.2, -0.15) is 4.37 Å². The van der Waals surface area contributed by atoms with Gasteiger partial charge >= 0.3 is 5.97 Å². The minimum absolute atomic E-state index is 0.110. The highest BCUT2D eigenvalue weighted by Gasteiger charge is 2.08. The van der Waals surface area contributed by atoms with Crippen molar-refractivity contribution in [3.63, 3.8) is 0 Å². The van der Waals surface area contributed by atoms with Crippen molar-refractivity contribution in [1.82, 2.24) is 9.36 Å². The van der Waals surface area contributed by atoms with Gasteiger partial charge in [-0.05, 0) is 19.8 Å². The van der Waals surface area contributed by atoms with Crippen LogP contribution in [0.1, 0.15) is 38.9 Å². The smallest absolute Gasteiger partial charge is 0.303 e. The Morgan fingerprint density at radius 1 is 1.62 bits per heavy atom. The van der Waals surface area contributed by atoms with E-state index in [9.17, 15) is 4.79 Å². The number of carbonyl (C=O) groups is 1. The van der Waals surface area contributed by atoms with Crippen LogP contribution in [0.3, 0.4) is 0 Å². The van der Waals surface area contributed by atoms with E-state index in [0.29, 0.717) is 6.42 Å². The van der Waals surface area contributed by atoms with Gasteiger partial charge in [0, 0.05) is 30.4 Å². The lowest BCUT2D eigenvalue weighted by molar-refractivity contribution is -0.137. The highest BCUT2D eigenvalue weighted by molar-refractivity contribution is 7.09. The molecule has 0 saturated carbocycles. The Morgan fingerprint density at radius 2 is 2.38 bits per heavy atom. The summed E-state index contributed by atoms with van der Waals surface area (Å²) in [6.45, 7) is 4.04. The fourth-order valence-electron chi connectivity index (χ4n) is 1.26. The SMILES string of the molecule is CCCc1nsc(NC(C)CCC(=O)O)n1. The second-order valence-electron chi connectivity index (χ2n) is 3.74. The monoisotopic (exact) mass is 243 g/mol. The first-order valence-corrected chi connectivity index (χ1v) is 6.20. The van der Waals surface area contributed by atoms with Crippen molar-refractivity contribution in [3.8, 4) is 0 Å². The first kappa shape index (κ1) is 12.9. The number of anilines is 1. The van der Waals surface area contributed by atoms with Crippen molar-refractivity contribution < 1.29 is 9.90 Å². The molecule has 90 valence electrons. The first-order chi connectivity index (χ1) is 7.61. The summed E-state index contributed by atoms with van der Waals surface area (Å²) in [5, 5.41) is 12.5. The number of carboxylic acid groups (broad SMARTS) is 1. The fraction of sp³-hybridized carbons (Fsp3) is 0.700.